The smallest absolute Gasteiger partial charge is 0.256 e. The van der Waals surface area contributed by atoms with Gasteiger partial charge in [-0.15, -0.1) is 0 Å². The first-order chi connectivity index (χ1) is 7.88. The van der Waals surface area contributed by atoms with Gasteiger partial charge in [-0.3, -0.25) is 4.79 Å². The maximum absolute atomic E-state index is 13.0. The minimum Gasteiger partial charge on any atom is -0.398 e. The Morgan fingerprint density at radius 1 is 1.47 bits per heavy atom. The second-order valence-corrected chi connectivity index (χ2v) is 3.80. The Hall–Kier alpha value is -1.69. The van der Waals surface area contributed by atoms with Gasteiger partial charge in [0.25, 0.3) is 5.91 Å². The minimum absolute atomic E-state index is 0.119. The highest BCUT2D eigenvalue weighted by Crippen LogP contribution is 2.19. The molecule has 4 nitrogen and oxygen atoms in total. The highest BCUT2D eigenvalue weighted by Gasteiger charge is 2.20. The van der Waals surface area contributed by atoms with Crippen LogP contribution in [0.5, 0.6) is 0 Å². The summed E-state index contributed by atoms with van der Waals surface area (Å²) in [4.78, 5) is 13.1. The van der Waals surface area contributed by atoms with E-state index in [1.807, 2.05) is 0 Å². The van der Waals surface area contributed by atoms with Gasteiger partial charge in [0.1, 0.15) is 0 Å². The number of halogens is 2. The highest BCUT2D eigenvalue weighted by atomic mass is 19.2. The van der Waals surface area contributed by atoms with E-state index in [1.54, 1.807) is 6.92 Å². The Kier molecular flexibility index (Phi) is 4.01. The van der Waals surface area contributed by atoms with Crippen LogP contribution in [0, 0.1) is 11.6 Å². The number of hydrogen-bond donors (Lipinski definition) is 2. The second-order valence-electron chi connectivity index (χ2n) is 3.80. The molecule has 1 unspecified atom stereocenters. The molecule has 0 aliphatic rings. The first-order valence-corrected chi connectivity index (χ1v) is 5.01. The molecule has 0 aliphatic carbocycles. The zero-order valence-corrected chi connectivity index (χ0v) is 9.58. The van der Waals surface area contributed by atoms with Gasteiger partial charge in [0.15, 0.2) is 11.6 Å². The average Bonchev–Trinajstić information content (AvgIpc) is 2.31. The summed E-state index contributed by atoms with van der Waals surface area (Å²) in [5.74, 6) is -2.80. The summed E-state index contributed by atoms with van der Waals surface area (Å²) < 4.78 is 25.8. The molecule has 0 heterocycles. The Morgan fingerprint density at radius 3 is 2.53 bits per heavy atom. The Bertz CT molecular complexity index is 438. The van der Waals surface area contributed by atoms with E-state index < -0.39 is 23.6 Å². The predicted octanol–water partition coefficient (Wildman–Crippen LogP) is 1.000. The third kappa shape index (κ3) is 2.71. The zero-order chi connectivity index (χ0) is 13.2. The van der Waals surface area contributed by atoms with E-state index in [0.29, 0.717) is 0 Å². The molecule has 17 heavy (non-hydrogen) atoms. The number of amides is 1. The molecule has 6 heteroatoms. The van der Waals surface area contributed by atoms with Crippen LogP contribution in [0.25, 0.3) is 0 Å². The number of nitrogens with zero attached hydrogens (tertiary/aromatic N) is 1. The van der Waals surface area contributed by atoms with Crippen LogP contribution in [-0.4, -0.2) is 35.6 Å². The number of aliphatic hydroxyl groups is 1. The topological polar surface area (TPSA) is 66.6 Å². The van der Waals surface area contributed by atoms with Crippen LogP contribution in [0.2, 0.25) is 0 Å². The summed E-state index contributed by atoms with van der Waals surface area (Å²) >= 11 is 0. The number of carbonyl (C=O) groups is 1. The summed E-state index contributed by atoms with van der Waals surface area (Å²) in [5.41, 5.74) is 5.20. The van der Waals surface area contributed by atoms with Crippen molar-refractivity contribution in [2.75, 3.05) is 19.4 Å². The van der Waals surface area contributed by atoms with Gasteiger partial charge in [0.05, 0.1) is 18.2 Å². The van der Waals surface area contributed by atoms with E-state index in [1.165, 1.54) is 11.9 Å². The lowest BCUT2D eigenvalue weighted by Gasteiger charge is -2.23. The summed E-state index contributed by atoms with van der Waals surface area (Å²) in [5, 5.41) is 8.91. The summed E-state index contributed by atoms with van der Waals surface area (Å²) in [6, 6.07) is 1.09. The maximum Gasteiger partial charge on any atom is 0.256 e. The number of rotatable bonds is 3. The number of benzene rings is 1. The monoisotopic (exact) mass is 244 g/mol. The van der Waals surface area contributed by atoms with Crippen LogP contribution in [0.3, 0.4) is 0 Å². The molecule has 1 rings (SSSR count). The van der Waals surface area contributed by atoms with Gasteiger partial charge in [-0.1, -0.05) is 0 Å². The van der Waals surface area contributed by atoms with Crippen molar-refractivity contribution in [2.45, 2.75) is 13.0 Å². The van der Waals surface area contributed by atoms with E-state index in [4.69, 9.17) is 10.8 Å². The molecule has 0 aromatic heterocycles. The number of carbonyl (C=O) groups excluding carboxylic acids is 1. The average molecular weight is 244 g/mol. The number of nitrogen functional groups attached to an aromatic ring is 1. The molecule has 0 radical (unpaired) electrons. The zero-order valence-electron chi connectivity index (χ0n) is 9.58. The molecule has 0 aliphatic heterocycles. The fourth-order valence-corrected chi connectivity index (χ4v) is 1.26. The first-order valence-electron chi connectivity index (χ1n) is 5.01. The minimum atomic E-state index is -1.13. The Labute approximate surface area is 97.6 Å². The van der Waals surface area contributed by atoms with Gasteiger partial charge in [-0.05, 0) is 13.0 Å². The quantitative estimate of drug-likeness (QED) is 0.779. The van der Waals surface area contributed by atoms with Crippen molar-refractivity contribution in [3.63, 3.8) is 0 Å². The molecule has 1 atom stereocenters. The number of likely N-dealkylation sites (N-methyl/N-ethyl adjacent to an activating group) is 1. The van der Waals surface area contributed by atoms with Gasteiger partial charge in [0.2, 0.25) is 0 Å². The lowest BCUT2D eigenvalue weighted by Crippen LogP contribution is -2.37. The van der Waals surface area contributed by atoms with Crippen LogP contribution in [-0.2, 0) is 0 Å². The van der Waals surface area contributed by atoms with Crippen molar-refractivity contribution in [3.8, 4) is 0 Å². The van der Waals surface area contributed by atoms with Crippen LogP contribution >= 0.6 is 0 Å². The molecule has 1 aromatic rings. The summed E-state index contributed by atoms with van der Waals surface area (Å²) in [6.07, 6.45) is 0. The van der Waals surface area contributed by atoms with Gasteiger partial charge < -0.3 is 15.7 Å². The fraction of sp³-hybridized carbons (Fsp3) is 0.364. The largest absolute Gasteiger partial charge is 0.398 e. The third-order valence-corrected chi connectivity index (χ3v) is 2.57. The van der Waals surface area contributed by atoms with Gasteiger partial charge >= 0.3 is 0 Å². The molecule has 1 aromatic carbocycles. The Morgan fingerprint density at radius 2 is 2.00 bits per heavy atom. The van der Waals surface area contributed by atoms with Crippen LogP contribution in [0.15, 0.2) is 12.1 Å². The molecule has 1 amide bonds. The molecule has 3 N–H and O–H groups in total. The highest BCUT2D eigenvalue weighted by molar-refractivity contribution is 5.99. The summed E-state index contributed by atoms with van der Waals surface area (Å²) in [7, 11) is 1.45. The number of anilines is 1. The van der Waals surface area contributed by atoms with E-state index in [0.717, 1.165) is 12.1 Å². The van der Waals surface area contributed by atoms with Gasteiger partial charge in [-0.25, -0.2) is 8.78 Å². The van der Waals surface area contributed by atoms with E-state index in [2.05, 4.69) is 0 Å². The lowest BCUT2D eigenvalue weighted by molar-refractivity contribution is 0.0682. The van der Waals surface area contributed by atoms with Crippen molar-refractivity contribution >= 4 is 11.6 Å². The SMILES string of the molecule is CC(CO)N(C)C(=O)c1cc(F)c(F)cc1N. The van der Waals surface area contributed by atoms with Crippen molar-refractivity contribution < 1.29 is 18.7 Å². The molecular weight excluding hydrogens is 230 g/mol. The molecule has 94 valence electrons. The van der Waals surface area contributed by atoms with Gasteiger partial charge in [-0.2, -0.15) is 0 Å². The normalized spacial score (nSPS) is 12.3. The Balaban J connectivity index is 3.08. The van der Waals surface area contributed by atoms with Gasteiger partial charge in [0, 0.05) is 18.8 Å². The second kappa shape index (κ2) is 5.09. The van der Waals surface area contributed by atoms with Crippen LogP contribution < -0.4 is 5.73 Å². The molecule has 0 fully saturated rings. The van der Waals surface area contributed by atoms with Crippen molar-refractivity contribution in [1.82, 2.24) is 4.90 Å². The summed E-state index contributed by atoms with van der Waals surface area (Å²) in [6.45, 7) is 1.39. The maximum atomic E-state index is 13.0. The number of nitrogens with two attached hydrogens (primary N) is 1. The number of aliphatic hydroxyl groups excluding tert-OH is 1. The van der Waals surface area contributed by atoms with Crippen molar-refractivity contribution in [1.29, 1.82) is 0 Å². The van der Waals surface area contributed by atoms with Crippen molar-refractivity contribution in [3.05, 3.63) is 29.3 Å². The molecular formula is C11H14F2N2O2. The van der Waals surface area contributed by atoms with Crippen LogP contribution in [0.1, 0.15) is 17.3 Å². The molecule has 0 bridgehead atoms. The molecule has 0 saturated carbocycles. The first kappa shape index (κ1) is 13.4. The van der Waals surface area contributed by atoms with Crippen molar-refractivity contribution in [2.24, 2.45) is 0 Å². The van der Waals surface area contributed by atoms with E-state index in [9.17, 15) is 13.6 Å². The third-order valence-electron chi connectivity index (χ3n) is 2.57. The molecule has 0 spiro atoms. The lowest BCUT2D eigenvalue weighted by atomic mass is 10.1. The fourth-order valence-electron chi connectivity index (χ4n) is 1.26. The van der Waals surface area contributed by atoms with E-state index in [-0.39, 0.29) is 17.9 Å². The van der Waals surface area contributed by atoms with E-state index >= 15 is 0 Å². The molecule has 0 saturated heterocycles. The number of hydrogen-bond acceptors (Lipinski definition) is 3. The van der Waals surface area contributed by atoms with Crippen LogP contribution in [0.4, 0.5) is 14.5 Å². The predicted molar refractivity (Wildman–Crippen MR) is 59.4 cm³/mol. The standard InChI is InChI=1S/C11H14F2N2O2/c1-6(5-16)15(2)11(17)7-3-8(12)9(13)4-10(7)14/h3-4,6,16H,5,14H2,1-2H3.